The van der Waals surface area contributed by atoms with Crippen LogP contribution in [0.5, 0.6) is 0 Å². The number of amides is 1. The topological polar surface area (TPSA) is 166 Å². The summed E-state index contributed by atoms with van der Waals surface area (Å²) in [6.07, 6.45) is 6.53. The maximum atomic E-state index is 12.3. The van der Waals surface area contributed by atoms with E-state index < -0.39 is 0 Å². The van der Waals surface area contributed by atoms with Crippen molar-refractivity contribution in [1.29, 1.82) is 0 Å². The van der Waals surface area contributed by atoms with Crippen molar-refractivity contribution in [3.63, 3.8) is 0 Å². The number of fused-ring (bicyclic) bond motifs is 1. The second-order valence-electron chi connectivity index (χ2n) is 6.80. The summed E-state index contributed by atoms with van der Waals surface area (Å²) < 4.78 is 0. The summed E-state index contributed by atoms with van der Waals surface area (Å²) in [5, 5.41) is 10.5. The van der Waals surface area contributed by atoms with Crippen LogP contribution in [-0.2, 0) is 11.3 Å². The molecule has 1 aromatic carbocycles. The average molecular weight is 490 g/mol. The van der Waals surface area contributed by atoms with Gasteiger partial charge in [0.1, 0.15) is 11.7 Å². The molecule has 10 heteroatoms. The molecule has 1 atom stereocenters. The Kier molecular flexibility index (Phi) is 17.2. The molecular weight excluding hydrogens is 449 g/mol. The van der Waals surface area contributed by atoms with Gasteiger partial charge in [-0.3, -0.25) is 4.79 Å². The fourth-order valence-corrected chi connectivity index (χ4v) is 2.68. The number of nitrogens with two attached hydrogens (primary N) is 3. The largest absolute Gasteiger partial charge is 0.397 e. The van der Waals surface area contributed by atoms with Crippen molar-refractivity contribution < 1.29 is 9.90 Å². The SMILES string of the molecule is CCCNC(=O)C1=Cc2ccc(-c3cnc(CN)nc3)cc2N=C(N)C1.CCN.CCO.CP. The van der Waals surface area contributed by atoms with Gasteiger partial charge in [0.15, 0.2) is 0 Å². The summed E-state index contributed by atoms with van der Waals surface area (Å²) in [4.78, 5) is 25.2. The van der Waals surface area contributed by atoms with Crippen LogP contribution in [0.25, 0.3) is 17.2 Å². The number of carbonyl (C=O) groups is 1. The van der Waals surface area contributed by atoms with Crippen molar-refractivity contribution in [2.75, 3.05) is 26.4 Å². The smallest absolute Gasteiger partial charge is 0.247 e. The van der Waals surface area contributed by atoms with Gasteiger partial charge in [-0.05, 0) is 37.6 Å². The average Bonchev–Trinajstić information content (AvgIpc) is 3.02. The zero-order valence-electron chi connectivity index (χ0n) is 20.7. The van der Waals surface area contributed by atoms with E-state index in [0.717, 1.165) is 35.3 Å². The van der Waals surface area contributed by atoms with Crippen LogP contribution < -0.4 is 22.5 Å². The Labute approximate surface area is 205 Å². The molecule has 1 amide bonds. The third kappa shape index (κ3) is 10.9. The van der Waals surface area contributed by atoms with E-state index in [-0.39, 0.29) is 12.5 Å². The number of hydrogen-bond donors (Lipinski definition) is 5. The van der Waals surface area contributed by atoms with E-state index in [4.69, 9.17) is 22.3 Å². The highest BCUT2D eigenvalue weighted by Gasteiger charge is 2.16. The molecular formula is C24H40N7O2P. The van der Waals surface area contributed by atoms with Crippen molar-refractivity contribution in [3.05, 3.63) is 47.6 Å². The molecule has 0 bridgehead atoms. The van der Waals surface area contributed by atoms with Gasteiger partial charge in [-0.15, -0.1) is 9.24 Å². The van der Waals surface area contributed by atoms with Crippen LogP contribution in [0, 0.1) is 0 Å². The fraction of sp³-hybridized carbons (Fsp3) is 0.417. The van der Waals surface area contributed by atoms with Gasteiger partial charge >= 0.3 is 0 Å². The molecule has 2 heterocycles. The Morgan fingerprint density at radius 3 is 2.24 bits per heavy atom. The van der Waals surface area contributed by atoms with E-state index in [1.165, 1.54) is 0 Å². The lowest BCUT2D eigenvalue weighted by atomic mass is 10.0. The van der Waals surface area contributed by atoms with Gasteiger partial charge in [-0.2, -0.15) is 0 Å². The first-order valence-electron chi connectivity index (χ1n) is 11.3. The molecule has 1 unspecified atom stereocenters. The highest BCUT2D eigenvalue weighted by atomic mass is 31.0. The van der Waals surface area contributed by atoms with Crippen molar-refractivity contribution in [2.24, 2.45) is 22.2 Å². The summed E-state index contributed by atoms with van der Waals surface area (Å²) >= 11 is 0. The third-order valence-corrected chi connectivity index (χ3v) is 4.04. The Hall–Kier alpha value is -2.71. The first-order chi connectivity index (χ1) is 16.4. The Balaban J connectivity index is 0.00000121. The van der Waals surface area contributed by atoms with Crippen LogP contribution in [0.1, 0.15) is 45.0 Å². The summed E-state index contributed by atoms with van der Waals surface area (Å²) in [6.45, 7) is 9.45. The third-order valence-electron chi connectivity index (χ3n) is 4.04. The van der Waals surface area contributed by atoms with Gasteiger partial charge in [0.25, 0.3) is 0 Å². The van der Waals surface area contributed by atoms with Crippen LogP contribution in [0.15, 0.2) is 41.2 Å². The molecule has 1 aromatic heterocycles. The molecule has 188 valence electrons. The fourth-order valence-electron chi connectivity index (χ4n) is 2.68. The molecule has 0 radical (unpaired) electrons. The molecule has 0 spiro atoms. The summed E-state index contributed by atoms with van der Waals surface area (Å²) in [5.74, 6) is 0.901. The molecule has 2 aromatic rings. The van der Waals surface area contributed by atoms with E-state index in [1.54, 1.807) is 19.3 Å². The molecule has 3 rings (SSSR count). The van der Waals surface area contributed by atoms with E-state index >= 15 is 0 Å². The number of aliphatic hydroxyl groups is 1. The number of nitrogens with one attached hydrogen (secondary N) is 1. The van der Waals surface area contributed by atoms with Crippen molar-refractivity contribution >= 4 is 32.7 Å². The monoisotopic (exact) mass is 489 g/mol. The summed E-state index contributed by atoms with van der Waals surface area (Å²) in [7, 11) is 2.42. The predicted octanol–water partition coefficient (Wildman–Crippen LogP) is 2.36. The lowest BCUT2D eigenvalue weighted by molar-refractivity contribution is -0.117. The first-order valence-corrected chi connectivity index (χ1v) is 12.4. The number of aromatic nitrogens is 2. The number of hydrogen-bond acceptors (Lipinski definition) is 8. The van der Waals surface area contributed by atoms with Gasteiger partial charge in [0.2, 0.25) is 5.91 Å². The number of amidine groups is 1. The molecule has 34 heavy (non-hydrogen) atoms. The maximum Gasteiger partial charge on any atom is 0.247 e. The summed E-state index contributed by atoms with van der Waals surface area (Å²) in [5.41, 5.74) is 20.4. The van der Waals surface area contributed by atoms with Gasteiger partial charge in [-0.25, -0.2) is 15.0 Å². The van der Waals surface area contributed by atoms with Gasteiger partial charge < -0.3 is 27.6 Å². The molecule has 1 aliphatic heterocycles. The zero-order valence-corrected chi connectivity index (χ0v) is 21.9. The van der Waals surface area contributed by atoms with Crippen LogP contribution in [0.3, 0.4) is 0 Å². The molecule has 0 fully saturated rings. The highest BCUT2D eigenvalue weighted by Crippen LogP contribution is 2.31. The van der Waals surface area contributed by atoms with Crippen LogP contribution in [-0.4, -0.2) is 53.2 Å². The lowest BCUT2D eigenvalue weighted by Gasteiger charge is -2.07. The highest BCUT2D eigenvalue weighted by molar-refractivity contribution is 7.15. The molecule has 0 saturated carbocycles. The van der Waals surface area contributed by atoms with Crippen molar-refractivity contribution in [3.8, 4) is 11.1 Å². The van der Waals surface area contributed by atoms with E-state index in [9.17, 15) is 4.79 Å². The number of benzene rings is 1. The van der Waals surface area contributed by atoms with Crippen molar-refractivity contribution in [2.45, 2.75) is 40.2 Å². The Morgan fingerprint density at radius 2 is 1.71 bits per heavy atom. The quantitative estimate of drug-likeness (QED) is 0.402. The number of rotatable bonds is 5. The van der Waals surface area contributed by atoms with E-state index in [2.05, 4.69) is 29.5 Å². The molecule has 8 N–H and O–H groups in total. The molecule has 9 nitrogen and oxygen atoms in total. The van der Waals surface area contributed by atoms with Crippen LogP contribution in [0.2, 0.25) is 0 Å². The Morgan fingerprint density at radius 1 is 1.12 bits per heavy atom. The number of nitrogens with zero attached hydrogens (tertiary/aromatic N) is 3. The minimum absolute atomic E-state index is 0.104. The lowest BCUT2D eigenvalue weighted by Crippen LogP contribution is -2.27. The number of aliphatic imine (C=N–C) groups is 1. The van der Waals surface area contributed by atoms with E-state index in [0.29, 0.717) is 36.7 Å². The second-order valence-corrected chi connectivity index (χ2v) is 6.80. The van der Waals surface area contributed by atoms with Crippen LogP contribution >= 0.6 is 9.24 Å². The second kappa shape index (κ2) is 18.7. The minimum Gasteiger partial charge on any atom is -0.397 e. The zero-order chi connectivity index (χ0) is 25.9. The predicted molar refractivity (Wildman–Crippen MR) is 146 cm³/mol. The van der Waals surface area contributed by atoms with E-state index in [1.807, 2.05) is 44.8 Å². The number of carbonyl (C=O) groups excluding carboxylic acids is 1. The molecule has 0 saturated heterocycles. The van der Waals surface area contributed by atoms with Gasteiger partial charge in [-0.1, -0.05) is 32.6 Å². The standard InChI is InChI=1S/C19H22N6O.C2H7N.C2H6O.CH5P/c1-2-5-22-19(26)14-6-13-4-3-12(7-16(13)25-17(21)8-14)15-10-23-18(9-20)24-11-15;2*1-2-3;1-2/h3-4,6-7,10-11H,2,5,8-9,20H2,1H3,(H2,21,25)(H,22,26);2-3H2,1H3;3H,2H2,1H3;2H2,1H3. The molecule has 0 aliphatic carbocycles. The normalized spacial score (nSPS) is 11.4. The maximum absolute atomic E-state index is 12.3. The first kappa shape index (κ1) is 31.3. The van der Waals surface area contributed by atoms with Gasteiger partial charge in [0, 0.05) is 48.7 Å². The Bertz CT molecular complexity index is 914. The van der Waals surface area contributed by atoms with Gasteiger partial charge in [0.05, 0.1) is 12.2 Å². The molecule has 1 aliphatic rings. The minimum atomic E-state index is -0.104. The van der Waals surface area contributed by atoms with Crippen molar-refractivity contribution in [1.82, 2.24) is 15.3 Å². The number of aliphatic hydroxyl groups excluding tert-OH is 1. The van der Waals surface area contributed by atoms with Crippen LogP contribution in [0.4, 0.5) is 5.69 Å². The summed E-state index contributed by atoms with van der Waals surface area (Å²) in [6, 6.07) is 5.80.